The van der Waals surface area contributed by atoms with Crippen molar-refractivity contribution in [1.29, 1.82) is 0 Å². The molecule has 20 rings (SSSR count). The number of alkyl halides is 9. The molecule has 10 heterocycles. The van der Waals surface area contributed by atoms with Crippen LogP contribution in [-0.4, -0.2) is 76.2 Å². The van der Waals surface area contributed by atoms with Crippen molar-refractivity contribution >= 4 is 69.0 Å². The lowest BCUT2D eigenvalue weighted by Gasteiger charge is -2.15. The van der Waals surface area contributed by atoms with Crippen molar-refractivity contribution in [2.24, 2.45) is 0 Å². The maximum Gasteiger partial charge on any atom is 0.417 e. The number of hydrogen-bond donors (Lipinski definition) is 5. The molecule has 10 aromatic carbocycles. The Hall–Kier alpha value is -17.9. The van der Waals surface area contributed by atoms with Gasteiger partial charge in [-0.3, -0.25) is 46.7 Å². The molecule has 0 fully saturated rings. The molecule has 720 valence electrons. The zero-order chi connectivity index (χ0) is 102. The average Bonchev–Trinajstić information content (AvgIpc) is 1.60. The first kappa shape index (κ1) is 97.8. The molecule has 0 bridgehead atoms. The molecule has 0 radical (unpaired) electrons. The summed E-state index contributed by atoms with van der Waals surface area (Å²) in [4.78, 5) is 77.8. The number of nitrogens with one attached hydrogen (secondary N) is 4. The van der Waals surface area contributed by atoms with E-state index in [4.69, 9.17) is 0 Å². The van der Waals surface area contributed by atoms with Crippen LogP contribution in [0.25, 0.3) is 112 Å². The quantitative estimate of drug-likeness (QED) is 0.0538. The summed E-state index contributed by atoms with van der Waals surface area (Å²) in [6.45, 7) is 8.85. The van der Waals surface area contributed by atoms with E-state index in [1.165, 1.54) is 89.9 Å². The second kappa shape index (κ2) is 40.9. The van der Waals surface area contributed by atoms with Crippen molar-refractivity contribution in [3.8, 4) is 89.5 Å². The summed E-state index contributed by atoms with van der Waals surface area (Å²) in [7, 11) is 0. The minimum absolute atomic E-state index is 0.0381. The smallest absolute Gasteiger partial charge is 0.390 e. The van der Waals surface area contributed by atoms with Gasteiger partial charge in [0.05, 0.1) is 93.2 Å². The highest BCUT2D eigenvalue weighted by atomic mass is 19.4. The number of carbonyl (C=O) groups is 4. The molecule has 0 aliphatic heterocycles. The number of aliphatic hydroxyl groups excluding tert-OH is 1. The maximum atomic E-state index is 14.7. The summed E-state index contributed by atoms with van der Waals surface area (Å²) < 4.78 is 202. The lowest BCUT2D eigenvalue weighted by atomic mass is 9.98. The van der Waals surface area contributed by atoms with Crippen LogP contribution >= 0.6 is 0 Å². The molecule has 144 heavy (non-hydrogen) atoms. The van der Waals surface area contributed by atoms with E-state index in [1.54, 1.807) is 149 Å². The highest BCUT2D eigenvalue weighted by Crippen LogP contribution is 2.43. The molecule has 0 atom stereocenters. The van der Waals surface area contributed by atoms with E-state index >= 15 is 0 Å². The maximum absolute atomic E-state index is 14.7. The highest BCUT2D eigenvalue weighted by Gasteiger charge is 2.39. The summed E-state index contributed by atoms with van der Waals surface area (Å²) in [5.41, 5.74) is 11.4. The molecule has 10 aromatic heterocycles. The van der Waals surface area contributed by atoms with Gasteiger partial charge in [0, 0.05) is 116 Å². The van der Waals surface area contributed by atoms with Crippen molar-refractivity contribution in [1.82, 2.24) is 47.5 Å². The van der Waals surface area contributed by atoms with Crippen molar-refractivity contribution in [3.63, 3.8) is 0 Å². The Balaban J connectivity index is 0.000000132. The topological polar surface area (TPSA) is 232 Å². The first-order chi connectivity index (χ1) is 69.0. The largest absolute Gasteiger partial charge is 0.417 e. The van der Waals surface area contributed by atoms with E-state index in [1.807, 2.05) is 112 Å². The fourth-order valence-corrected chi connectivity index (χ4v) is 16.3. The lowest BCUT2D eigenvalue weighted by molar-refractivity contribution is -0.138. The first-order valence-electron chi connectivity index (χ1n) is 44.2. The molecular formula is C111H78F14N14O5. The summed E-state index contributed by atoms with van der Waals surface area (Å²) in [6.07, 6.45) is 3.28. The van der Waals surface area contributed by atoms with Gasteiger partial charge in [0.1, 0.15) is 28.4 Å². The summed E-state index contributed by atoms with van der Waals surface area (Å²) in [5, 5.41) is 20.5. The van der Waals surface area contributed by atoms with Gasteiger partial charge in [-0.05, 0) is 244 Å². The number of fused-ring (bicyclic) bond motifs is 4. The van der Waals surface area contributed by atoms with E-state index < -0.39 is 105 Å². The van der Waals surface area contributed by atoms with Crippen LogP contribution in [0.3, 0.4) is 0 Å². The third-order valence-corrected chi connectivity index (χ3v) is 23.5. The predicted molar refractivity (Wildman–Crippen MR) is 522 cm³/mol. The SMILES string of the molecule is Cc1ccc(NC(=O)c2cc(-c3cccn4c(-c5cccc(F)c5F)c(CO)nc34)ccc2C(F)(F)F)cc1.Cc1ccc(NC(=O)c2cc(-c3cccn4c(-c5cccc(F)c5F)cnc34)ccc2C)cc1.Cc1ccc(NC(=O)c2cc(-c3cccn4c(-c5cccnc5)cnc34)ccc2C(F)(F)F)cc1.Cc1ccc(NC(=O)c2cc(-c3cccn4c(-c5cncc(F)c5)cnc34)ccc2C(F)(F)F)cc1. The Kier molecular flexibility index (Phi) is 27.8. The minimum Gasteiger partial charge on any atom is -0.390 e. The van der Waals surface area contributed by atoms with Crippen molar-refractivity contribution in [2.45, 2.75) is 59.8 Å². The van der Waals surface area contributed by atoms with Crippen LogP contribution in [0.2, 0.25) is 0 Å². The van der Waals surface area contributed by atoms with E-state index in [-0.39, 0.29) is 39.6 Å². The molecule has 4 amide bonds. The monoisotopic (exact) mass is 1950 g/mol. The number of anilines is 4. The van der Waals surface area contributed by atoms with Gasteiger partial charge in [-0.2, -0.15) is 39.5 Å². The summed E-state index contributed by atoms with van der Waals surface area (Å²) in [5.74, 6) is -7.44. The van der Waals surface area contributed by atoms with Gasteiger partial charge in [-0.25, -0.2) is 41.9 Å². The molecule has 0 saturated heterocycles. The fraction of sp³-hybridized carbons (Fsp3) is 0.0811. The number of aryl methyl sites for hydroxylation is 5. The minimum atomic E-state index is -4.80. The Morgan fingerprint density at radius 3 is 1.04 bits per heavy atom. The van der Waals surface area contributed by atoms with E-state index in [0.29, 0.717) is 84.3 Å². The molecule has 5 N–H and O–H groups in total. The van der Waals surface area contributed by atoms with Crippen LogP contribution in [0.5, 0.6) is 0 Å². The van der Waals surface area contributed by atoms with Crippen molar-refractivity contribution < 1.29 is 85.8 Å². The van der Waals surface area contributed by atoms with Crippen LogP contribution in [-0.2, 0) is 25.1 Å². The standard InChI is InChI=1S/C29H20F5N3O2.C28H21F2N3O.C27H18F4N4O.C27H19F3N4O/c1-16-7-10-18(11-8-16)35-28(39)21-14-17(9-12-22(21)29(32,33)34)19-5-3-13-37-26(24(15-38)36-27(19)37)20-4-2-6-23(30)25(20)31;1-17-8-12-20(13-9-17)32-28(34)23-15-19(11-10-18(23)2)21-6-4-14-33-25(16-31-27(21)33)22-5-3-7-24(29)26(22)30;1-16-4-7-20(8-5-16)34-26(36)22-12-17(6-9-23(22)27(29,30)31)21-3-2-10-35-24(15-33-25(21)35)18-11-19(28)14-32-13-18;1-17-6-9-20(10-7-17)33-26(35)22-14-18(8-11-23(22)27(28,29)30)21-5-3-13-34-24(16-32-25(21)34)19-4-2-12-31-15-19/h2-14,38H,15H2,1H3,(H,35,39);3-16H,1-2H3,(H,32,34);2-15H,1H3,(H,34,36);2-16H,1H3,(H,33,35). The number of rotatable bonds is 17. The fourth-order valence-electron chi connectivity index (χ4n) is 16.3. The molecule has 0 aliphatic carbocycles. The van der Waals surface area contributed by atoms with Gasteiger partial charge in [0.25, 0.3) is 23.6 Å². The molecule has 19 nitrogen and oxygen atoms in total. The first-order valence-corrected chi connectivity index (χ1v) is 44.2. The van der Waals surface area contributed by atoms with Crippen molar-refractivity contribution in [2.75, 3.05) is 21.3 Å². The van der Waals surface area contributed by atoms with Crippen LogP contribution in [0.4, 0.5) is 84.2 Å². The van der Waals surface area contributed by atoms with Gasteiger partial charge in [-0.15, -0.1) is 0 Å². The predicted octanol–water partition coefficient (Wildman–Crippen LogP) is 27.3. The zero-order valence-electron chi connectivity index (χ0n) is 76.4. The molecule has 33 heteroatoms. The third kappa shape index (κ3) is 21.0. The number of imidazole rings is 4. The second-order valence-corrected chi connectivity index (χ2v) is 33.4. The van der Waals surface area contributed by atoms with Gasteiger partial charge in [-0.1, -0.05) is 113 Å². The number of amides is 4. The molecule has 20 aromatic rings. The number of carbonyl (C=O) groups excluding carboxylic acids is 4. The Morgan fingerprint density at radius 1 is 0.312 bits per heavy atom. The molecule has 0 spiro atoms. The van der Waals surface area contributed by atoms with Gasteiger partial charge >= 0.3 is 18.5 Å². The number of aromatic nitrogens is 10. The van der Waals surface area contributed by atoms with Gasteiger partial charge in [0.2, 0.25) is 0 Å². The Labute approximate surface area is 811 Å². The van der Waals surface area contributed by atoms with Crippen LogP contribution in [0.15, 0.2) is 341 Å². The molecule has 0 aliphatic rings. The van der Waals surface area contributed by atoms with Crippen LogP contribution in [0.1, 0.15) is 91.6 Å². The normalized spacial score (nSPS) is 11.5. The third-order valence-electron chi connectivity index (χ3n) is 23.5. The number of benzene rings is 10. The number of hydrogen-bond acceptors (Lipinski definition) is 11. The second-order valence-electron chi connectivity index (χ2n) is 33.4. The molecule has 0 unspecified atom stereocenters. The van der Waals surface area contributed by atoms with E-state index in [2.05, 4.69) is 51.2 Å². The van der Waals surface area contributed by atoms with E-state index in [9.17, 15) is 85.8 Å². The number of pyridine rings is 6. The summed E-state index contributed by atoms with van der Waals surface area (Å²) in [6, 6.07) is 70.0. The van der Waals surface area contributed by atoms with Gasteiger partial charge < -0.3 is 26.4 Å². The van der Waals surface area contributed by atoms with Crippen molar-refractivity contribution in [3.05, 3.63) is 443 Å². The lowest BCUT2D eigenvalue weighted by Crippen LogP contribution is -2.19. The zero-order valence-corrected chi connectivity index (χ0v) is 76.4. The summed E-state index contributed by atoms with van der Waals surface area (Å²) >= 11 is 0. The molecule has 0 saturated carbocycles. The van der Waals surface area contributed by atoms with Crippen LogP contribution in [0, 0.1) is 63.7 Å². The number of nitrogens with zero attached hydrogens (tertiary/aromatic N) is 10. The average molecular weight is 1950 g/mol. The Bertz CT molecular complexity index is 8290. The number of aliphatic hydroxyl groups is 1. The highest BCUT2D eigenvalue weighted by molar-refractivity contribution is 6.09. The van der Waals surface area contributed by atoms with Crippen LogP contribution < -0.4 is 21.3 Å². The Morgan fingerprint density at radius 2 is 0.653 bits per heavy atom. The number of halogens is 14. The van der Waals surface area contributed by atoms with Gasteiger partial charge in [0.15, 0.2) is 23.3 Å². The van der Waals surface area contributed by atoms with E-state index in [0.717, 1.165) is 98.5 Å². The molecular weight excluding hydrogens is 1880 g/mol.